The Hall–Kier alpha value is -2.94. The molecule has 26 heavy (non-hydrogen) atoms. The molecule has 0 fully saturated rings. The summed E-state index contributed by atoms with van der Waals surface area (Å²) < 4.78 is 0. The van der Waals surface area contributed by atoms with E-state index in [-0.39, 0.29) is 0 Å². The van der Waals surface area contributed by atoms with Crippen LogP contribution in [-0.2, 0) is 0 Å². The molecule has 0 N–H and O–H groups in total. The van der Waals surface area contributed by atoms with Crippen LogP contribution in [0.5, 0.6) is 0 Å². The number of benzene rings is 3. The number of rotatable bonds is 3. The van der Waals surface area contributed by atoms with Gasteiger partial charge in [0.05, 0.1) is 0 Å². The van der Waals surface area contributed by atoms with Gasteiger partial charge in [0.15, 0.2) is 0 Å². The molecule has 0 aliphatic carbocycles. The van der Waals surface area contributed by atoms with Gasteiger partial charge in [-0.05, 0) is 42.5 Å². The van der Waals surface area contributed by atoms with Crippen molar-refractivity contribution in [2.75, 3.05) is 13.1 Å². The highest BCUT2D eigenvalue weighted by molar-refractivity contribution is 6.00. The summed E-state index contributed by atoms with van der Waals surface area (Å²) in [7, 11) is 0. The van der Waals surface area contributed by atoms with Crippen LogP contribution >= 0.6 is 0 Å². The Kier molecular flexibility index (Phi) is 4.08. The zero-order valence-corrected chi connectivity index (χ0v) is 15.6. The summed E-state index contributed by atoms with van der Waals surface area (Å²) in [4.78, 5) is 12.1. The Morgan fingerprint density at radius 2 is 1.54 bits per heavy atom. The van der Waals surface area contributed by atoms with Crippen LogP contribution < -0.4 is 10.6 Å². The molecule has 130 valence electrons. The van der Waals surface area contributed by atoms with Crippen molar-refractivity contribution >= 4 is 29.0 Å². The highest BCUT2D eigenvalue weighted by atomic mass is 15.3. The van der Waals surface area contributed by atoms with Crippen LogP contribution in [0, 0.1) is 6.92 Å². The van der Waals surface area contributed by atoms with E-state index in [4.69, 9.17) is 9.98 Å². The fraction of sp³-hybridized carbons (Fsp3) is 0.217. The number of aryl methyl sites for hydroxylation is 1. The number of guanidine groups is 1. The molecule has 0 bridgehead atoms. The summed E-state index contributed by atoms with van der Waals surface area (Å²) in [6.45, 7) is 12.6. The largest absolute Gasteiger partial charge is 0.341 e. The number of hydrogen-bond donors (Lipinski definition) is 0. The van der Waals surface area contributed by atoms with Crippen molar-refractivity contribution in [1.82, 2.24) is 4.90 Å². The summed E-state index contributed by atoms with van der Waals surface area (Å²) in [5.74, 6) is 0.801. The lowest BCUT2D eigenvalue weighted by molar-refractivity contribution is 0.461. The van der Waals surface area contributed by atoms with Crippen LogP contribution in [0.2, 0.25) is 0 Å². The van der Waals surface area contributed by atoms with Gasteiger partial charge in [-0.3, -0.25) is 0 Å². The number of fused-ring (bicyclic) bond motifs is 3. The first-order chi connectivity index (χ1) is 12.7. The van der Waals surface area contributed by atoms with Crippen molar-refractivity contribution < 1.29 is 0 Å². The van der Waals surface area contributed by atoms with E-state index >= 15 is 0 Å². The van der Waals surface area contributed by atoms with E-state index in [0.29, 0.717) is 0 Å². The molecule has 0 amide bonds. The van der Waals surface area contributed by atoms with Gasteiger partial charge in [0, 0.05) is 24.0 Å². The van der Waals surface area contributed by atoms with Crippen LogP contribution in [0.4, 0.5) is 5.69 Å². The fourth-order valence-electron chi connectivity index (χ4n) is 3.71. The van der Waals surface area contributed by atoms with Crippen molar-refractivity contribution in [2.45, 2.75) is 20.8 Å². The minimum atomic E-state index is 0.801. The molecule has 1 aliphatic rings. The average Bonchev–Trinajstić information content (AvgIpc) is 3.09. The highest BCUT2D eigenvalue weighted by Gasteiger charge is 2.21. The van der Waals surface area contributed by atoms with E-state index < -0.39 is 0 Å². The van der Waals surface area contributed by atoms with E-state index in [1.807, 2.05) is 0 Å². The second-order valence-electron chi connectivity index (χ2n) is 6.61. The second-order valence-corrected chi connectivity index (χ2v) is 6.61. The summed E-state index contributed by atoms with van der Waals surface area (Å²) in [5, 5.41) is 4.25. The van der Waals surface area contributed by atoms with Gasteiger partial charge >= 0.3 is 0 Å². The maximum absolute atomic E-state index is 4.96. The van der Waals surface area contributed by atoms with Gasteiger partial charge in [0.2, 0.25) is 5.96 Å². The minimum absolute atomic E-state index is 0.801. The third-order valence-electron chi connectivity index (χ3n) is 5.15. The normalized spacial score (nSPS) is 12.7. The van der Waals surface area contributed by atoms with Crippen molar-refractivity contribution in [3.8, 4) is 11.1 Å². The molecule has 1 heterocycles. The molecule has 0 saturated carbocycles. The highest BCUT2D eigenvalue weighted by Crippen LogP contribution is 2.31. The van der Waals surface area contributed by atoms with Gasteiger partial charge in [-0.25, -0.2) is 9.98 Å². The molecule has 0 unspecified atom stereocenters. The summed E-state index contributed by atoms with van der Waals surface area (Å²) in [5.41, 5.74) is 4.45. The first-order valence-electron chi connectivity index (χ1n) is 9.17. The standard InChI is InChI=1S/C23H23N3/c1-5-26(6-2)23-24-21-19-14-10-9-13-18(19)16(4)20(22(21)25-23)17-12-8-7-11-15(17)3/h7-14H,4-6H2,1-3H3. The van der Waals surface area contributed by atoms with Crippen molar-refractivity contribution in [1.29, 1.82) is 0 Å². The number of nitrogens with zero attached hydrogens (tertiary/aromatic N) is 3. The van der Waals surface area contributed by atoms with Crippen LogP contribution in [-0.4, -0.2) is 23.9 Å². The molecular formula is C23H23N3. The molecule has 4 rings (SSSR count). The summed E-state index contributed by atoms with van der Waals surface area (Å²) in [6, 6.07) is 16.8. The SMILES string of the molecule is C=c1c(-c2ccccc2C)c2c(c3ccccc13)=NC(N(CC)CC)=N2. The van der Waals surface area contributed by atoms with E-state index in [1.54, 1.807) is 0 Å². The Balaban J connectivity index is 2.13. The molecular weight excluding hydrogens is 318 g/mol. The smallest absolute Gasteiger partial charge is 0.226 e. The van der Waals surface area contributed by atoms with Gasteiger partial charge in [-0.1, -0.05) is 55.1 Å². The molecule has 3 aromatic carbocycles. The molecule has 3 heteroatoms. The van der Waals surface area contributed by atoms with Gasteiger partial charge < -0.3 is 4.90 Å². The van der Waals surface area contributed by atoms with E-state index in [0.717, 1.165) is 51.6 Å². The van der Waals surface area contributed by atoms with E-state index in [9.17, 15) is 0 Å². The molecule has 0 radical (unpaired) electrons. The van der Waals surface area contributed by atoms with Crippen LogP contribution in [0.15, 0.2) is 58.5 Å². The zero-order chi connectivity index (χ0) is 18.3. The Morgan fingerprint density at radius 1 is 0.885 bits per heavy atom. The topological polar surface area (TPSA) is 28.0 Å². The summed E-state index contributed by atoms with van der Waals surface area (Å²) in [6.07, 6.45) is 0. The van der Waals surface area contributed by atoms with Crippen molar-refractivity contribution in [2.24, 2.45) is 9.98 Å². The van der Waals surface area contributed by atoms with Gasteiger partial charge in [-0.2, -0.15) is 0 Å². The predicted octanol–water partition coefficient (Wildman–Crippen LogP) is 4.19. The quantitative estimate of drug-likeness (QED) is 0.702. The lowest BCUT2D eigenvalue weighted by Crippen LogP contribution is -2.28. The van der Waals surface area contributed by atoms with Crippen molar-refractivity contribution in [3.63, 3.8) is 0 Å². The Morgan fingerprint density at radius 3 is 2.23 bits per heavy atom. The van der Waals surface area contributed by atoms with Crippen LogP contribution in [0.1, 0.15) is 19.4 Å². The van der Waals surface area contributed by atoms with Crippen LogP contribution in [0.3, 0.4) is 0 Å². The maximum Gasteiger partial charge on any atom is 0.226 e. The maximum atomic E-state index is 4.96. The third-order valence-corrected chi connectivity index (χ3v) is 5.15. The molecule has 0 atom stereocenters. The minimum Gasteiger partial charge on any atom is -0.341 e. The number of hydrogen-bond acceptors (Lipinski definition) is 3. The second kappa shape index (κ2) is 6.41. The molecule has 1 aliphatic heterocycles. The lowest BCUT2D eigenvalue weighted by atomic mass is 9.93. The average molecular weight is 341 g/mol. The lowest BCUT2D eigenvalue weighted by Gasteiger charge is -2.17. The van der Waals surface area contributed by atoms with Gasteiger partial charge in [-0.15, -0.1) is 0 Å². The Bertz CT molecular complexity index is 1140. The molecule has 0 aromatic heterocycles. The van der Waals surface area contributed by atoms with E-state index in [2.05, 4.69) is 80.8 Å². The fourth-order valence-corrected chi connectivity index (χ4v) is 3.71. The van der Waals surface area contributed by atoms with Gasteiger partial charge in [0.25, 0.3) is 0 Å². The predicted molar refractivity (Wildman–Crippen MR) is 110 cm³/mol. The van der Waals surface area contributed by atoms with Crippen LogP contribution in [0.25, 0.3) is 28.5 Å². The third kappa shape index (κ3) is 2.43. The zero-order valence-electron chi connectivity index (χ0n) is 15.6. The molecule has 3 nitrogen and oxygen atoms in total. The Labute approximate surface area is 154 Å². The van der Waals surface area contributed by atoms with E-state index in [1.165, 1.54) is 11.1 Å². The van der Waals surface area contributed by atoms with Gasteiger partial charge in [0.1, 0.15) is 11.0 Å². The molecule has 0 spiro atoms. The molecule has 0 saturated heterocycles. The monoisotopic (exact) mass is 341 g/mol. The summed E-state index contributed by atoms with van der Waals surface area (Å²) >= 11 is 0. The first kappa shape index (κ1) is 16.5. The van der Waals surface area contributed by atoms with Crippen molar-refractivity contribution in [3.05, 3.63) is 64.7 Å². The first-order valence-corrected chi connectivity index (χ1v) is 9.17. The molecule has 3 aromatic rings. The number of aliphatic imine (C=N–C) groups is 1.